The Morgan fingerprint density at radius 2 is 2.30 bits per heavy atom. The van der Waals surface area contributed by atoms with E-state index < -0.39 is 24.2 Å². The molecule has 0 saturated carbocycles. The number of hydrogen-bond donors (Lipinski definition) is 2. The number of alkyl carbamates (subject to hydrolysis) is 1. The minimum absolute atomic E-state index is 0.0178. The van der Waals surface area contributed by atoms with Crippen LogP contribution in [0.15, 0.2) is 36.9 Å². The molecular weight excluding hydrogens is 262 g/mol. The van der Waals surface area contributed by atoms with Gasteiger partial charge in [0.05, 0.1) is 0 Å². The average Bonchev–Trinajstić information content (AvgIpc) is 2.85. The van der Waals surface area contributed by atoms with Crippen LogP contribution in [0.4, 0.5) is 4.79 Å². The van der Waals surface area contributed by atoms with E-state index in [1.165, 1.54) is 6.08 Å². The van der Waals surface area contributed by atoms with Crippen molar-refractivity contribution in [3.05, 3.63) is 42.5 Å². The van der Waals surface area contributed by atoms with Gasteiger partial charge in [-0.3, -0.25) is 0 Å². The lowest BCUT2D eigenvalue weighted by atomic mass is 10.0. The number of fused-ring (bicyclic) bond motifs is 1. The second kappa shape index (κ2) is 6.10. The highest BCUT2D eigenvalue weighted by Gasteiger charge is 2.36. The summed E-state index contributed by atoms with van der Waals surface area (Å²) >= 11 is 0. The van der Waals surface area contributed by atoms with Crippen LogP contribution in [-0.4, -0.2) is 35.9 Å². The third-order valence-corrected chi connectivity index (χ3v) is 2.92. The maximum atomic E-state index is 11.4. The summed E-state index contributed by atoms with van der Waals surface area (Å²) in [6, 6.07) is 6.13. The lowest BCUT2D eigenvalue weighted by molar-refractivity contribution is -0.141. The Labute approximate surface area is 116 Å². The summed E-state index contributed by atoms with van der Waals surface area (Å²) in [5.74, 6) is -0.525. The maximum absolute atomic E-state index is 11.4. The number of carbonyl (C=O) groups excluding carboxylic acids is 1. The van der Waals surface area contributed by atoms with Crippen LogP contribution in [0.3, 0.4) is 0 Å². The zero-order valence-electron chi connectivity index (χ0n) is 10.7. The van der Waals surface area contributed by atoms with Crippen LogP contribution < -0.4 is 10.1 Å². The molecule has 1 amide bonds. The molecule has 0 bridgehead atoms. The number of nitrogens with one attached hydrogen (secondary N) is 1. The van der Waals surface area contributed by atoms with E-state index in [2.05, 4.69) is 11.9 Å². The first-order valence-corrected chi connectivity index (χ1v) is 6.13. The number of carboxylic acid groups (broad SMARTS) is 1. The maximum Gasteiger partial charge on any atom is 0.408 e. The van der Waals surface area contributed by atoms with Gasteiger partial charge in [0, 0.05) is 6.42 Å². The lowest BCUT2D eigenvalue weighted by Crippen LogP contribution is -2.50. The monoisotopic (exact) mass is 277 g/mol. The topological polar surface area (TPSA) is 84.9 Å². The molecule has 1 aromatic carbocycles. The Morgan fingerprint density at radius 3 is 2.95 bits per heavy atom. The standard InChI is InChI=1S/C14H15NO5/c1-2-7-19-14(18)15-12(13(16)17)11-8-9-5-3-4-6-10(9)20-11/h2-6,11-12H,1,7-8H2,(H,15,18)(H,16,17)/t11-,12-/m0/s1. The highest BCUT2D eigenvalue weighted by molar-refractivity contribution is 5.80. The third-order valence-electron chi connectivity index (χ3n) is 2.92. The van der Waals surface area contributed by atoms with Crippen molar-refractivity contribution >= 4 is 12.1 Å². The number of benzene rings is 1. The number of ether oxygens (including phenoxy) is 2. The fraction of sp³-hybridized carbons (Fsp3) is 0.286. The van der Waals surface area contributed by atoms with Crippen molar-refractivity contribution in [1.29, 1.82) is 0 Å². The molecule has 106 valence electrons. The van der Waals surface area contributed by atoms with Gasteiger partial charge in [-0.2, -0.15) is 0 Å². The van der Waals surface area contributed by atoms with E-state index in [4.69, 9.17) is 9.47 Å². The van der Waals surface area contributed by atoms with Crippen molar-refractivity contribution in [2.24, 2.45) is 0 Å². The van der Waals surface area contributed by atoms with Gasteiger partial charge in [0.1, 0.15) is 18.5 Å². The molecule has 0 saturated heterocycles. The van der Waals surface area contributed by atoms with E-state index in [9.17, 15) is 14.7 Å². The summed E-state index contributed by atoms with van der Waals surface area (Å²) in [4.78, 5) is 22.7. The van der Waals surface area contributed by atoms with E-state index in [0.717, 1.165) is 5.56 Å². The molecule has 0 spiro atoms. The van der Waals surface area contributed by atoms with Gasteiger partial charge in [0.15, 0.2) is 6.04 Å². The number of carbonyl (C=O) groups is 2. The molecule has 1 heterocycles. The van der Waals surface area contributed by atoms with Crippen LogP contribution in [0.5, 0.6) is 5.75 Å². The van der Waals surface area contributed by atoms with Gasteiger partial charge < -0.3 is 19.9 Å². The SMILES string of the molecule is C=CCOC(=O)N[C@H](C(=O)O)[C@@H]1Cc2ccccc2O1. The number of carboxylic acids is 1. The van der Waals surface area contributed by atoms with Gasteiger partial charge >= 0.3 is 12.1 Å². The Hall–Kier alpha value is -2.50. The third kappa shape index (κ3) is 3.09. The number of para-hydroxylation sites is 1. The molecule has 1 aromatic rings. The zero-order valence-corrected chi connectivity index (χ0v) is 10.7. The molecule has 6 heteroatoms. The van der Waals surface area contributed by atoms with E-state index >= 15 is 0 Å². The quantitative estimate of drug-likeness (QED) is 0.794. The molecule has 2 rings (SSSR count). The van der Waals surface area contributed by atoms with Crippen LogP contribution >= 0.6 is 0 Å². The highest BCUT2D eigenvalue weighted by atomic mass is 16.5. The van der Waals surface area contributed by atoms with Gasteiger partial charge in [0.25, 0.3) is 0 Å². The molecule has 0 fully saturated rings. The second-order valence-electron chi connectivity index (χ2n) is 4.32. The summed E-state index contributed by atoms with van der Waals surface area (Å²) in [6.45, 7) is 3.42. The Bertz CT molecular complexity index is 503. The second-order valence-corrected chi connectivity index (χ2v) is 4.32. The summed E-state index contributed by atoms with van der Waals surface area (Å²) in [5.41, 5.74) is 0.921. The molecular formula is C14H15NO5. The summed E-state index contributed by atoms with van der Waals surface area (Å²) in [7, 11) is 0. The zero-order chi connectivity index (χ0) is 14.5. The predicted molar refractivity (Wildman–Crippen MR) is 70.7 cm³/mol. The molecule has 20 heavy (non-hydrogen) atoms. The largest absolute Gasteiger partial charge is 0.487 e. The lowest BCUT2D eigenvalue weighted by Gasteiger charge is -2.20. The summed E-state index contributed by atoms with van der Waals surface area (Å²) in [5, 5.41) is 11.5. The molecule has 0 aromatic heterocycles. The first-order chi connectivity index (χ1) is 9.61. The van der Waals surface area contributed by atoms with Crippen LogP contribution in [0.2, 0.25) is 0 Å². The minimum Gasteiger partial charge on any atom is -0.487 e. The van der Waals surface area contributed by atoms with Crippen LogP contribution in [0.1, 0.15) is 5.56 Å². The predicted octanol–water partition coefficient (Wildman–Crippen LogP) is 1.36. The van der Waals surface area contributed by atoms with Crippen molar-refractivity contribution in [3.8, 4) is 5.75 Å². The number of hydrogen-bond acceptors (Lipinski definition) is 4. The van der Waals surface area contributed by atoms with Crippen molar-refractivity contribution < 1.29 is 24.2 Å². The van der Waals surface area contributed by atoms with E-state index in [0.29, 0.717) is 12.2 Å². The van der Waals surface area contributed by atoms with Crippen molar-refractivity contribution in [1.82, 2.24) is 5.32 Å². The van der Waals surface area contributed by atoms with Crippen LogP contribution in [-0.2, 0) is 16.0 Å². The van der Waals surface area contributed by atoms with Crippen molar-refractivity contribution in [3.63, 3.8) is 0 Å². The molecule has 0 radical (unpaired) electrons. The van der Waals surface area contributed by atoms with Crippen molar-refractivity contribution in [2.75, 3.05) is 6.61 Å². The molecule has 1 aliphatic heterocycles. The molecule has 1 aliphatic rings. The smallest absolute Gasteiger partial charge is 0.408 e. The van der Waals surface area contributed by atoms with E-state index in [-0.39, 0.29) is 6.61 Å². The minimum atomic E-state index is -1.17. The molecule has 2 atom stereocenters. The average molecular weight is 277 g/mol. The first kappa shape index (κ1) is 13.9. The van der Waals surface area contributed by atoms with E-state index in [1.807, 2.05) is 18.2 Å². The fourth-order valence-electron chi connectivity index (χ4n) is 2.01. The molecule has 2 N–H and O–H groups in total. The van der Waals surface area contributed by atoms with Gasteiger partial charge in [-0.1, -0.05) is 30.9 Å². The molecule has 0 unspecified atom stereocenters. The van der Waals surface area contributed by atoms with Crippen LogP contribution in [0.25, 0.3) is 0 Å². The highest BCUT2D eigenvalue weighted by Crippen LogP contribution is 2.29. The van der Waals surface area contributed by atoms with Gasteiger partial charge in [-0.25, -0.2) is 9.59 Å². The van der Waals surface area contributed by atoms with E-state index in [1.54, 1.807) is 6.07 Å². The first-order valence-electron chi connectivity index (χ1n) is 6.13. The number of aliphatic carboxylic acids is 1. The van der Waals surface area contributed by atoms with Crippen molar-refractivity contribution in [2.45, 2.75) is 18.6 Å². The summed E-state index contributed by atoms with van der Waals surface area (Å²) < 4.78 is 10.3. The normalized spacial score (nSPS) is 17.5. The van der Waals surface area contributed by atoms with Gasteiger partial charge in [-0.15, -0.1) is 0 Å². The Morgan fingerprint density at radius 1 is 1.55 bits per heavy atom. The van der Waals surface area contributed by atoms with Gasteiger partial charge in [0.2, 0.25) is 0 Å². The van der Waals surface area contributed by atoms with Crippen LogP contribution in [0, 0.1) is 0 Å². The Kier molecular flexibility index (Phi) is 4.24. The fourth-order valence-corrected chi connectivity index (χ4v) is 2.01. The molecule has 0 aliphatic carbocycles. The summed E-state index contributed by atoms with van der Waals surface area (Å²) in [6.07, 6.45) is 0.365. The number of amides is 1. The number of rotatable bonds is 5. The molecule has 6 nitrogen and oxygen atoms in total. The Balaban J connectivity index is 2.02. The van der Waals surface area contributed by atoms with Gasteiger partial charge in [-0.05, 0) is 11.6 Å².